The number of nitrogens with zero attached hydrogens (tertiary/aromatic N) is 1. The van der Waals surface area contributed by atoms with Gasteiger partial charge in [-0.3, -0.25) is 14.4 Å². The van der Waals surface area contributed by atoms with Crippen molar-refractivity contribution in [2.75, 3.05) is 40.5 Å². The number of piperidine rings is 1. The van der Waals surface area contributed by atoms with Crippen LogP contribution in [0, 0.1) is 5.92 Å². The summed E-state index contributed by atoms with van der Waals surface area (Å²) in [4.78, 5) is 40.7. The maximum atomic E-state index is 13.1. The third-order valence-corrected chi connectivity index (χ3v) is 6.58. The van der Waals surface area contributed by atoms with Gasteiger partial charge in [-0.05, 0) is 61.4 Å². The molecular weight excluding hydrogens is 458 g/mol. The van der Waals surface area contributed by atoms with Crippen molar-refractivity contribution in [2.45, 2.75) is 38.1 Å². The Morgan fingerprint density at radius 3 is 2.33 bits per heavy atom. The molecule has 1 aliphatic rings. The zero-order valence-corrected chi connectivity index (χ0v) is 21.2. The molecule has 2 aromatic rings. The number of carbonyl (C=O) groups excluding carboxylic acids is 3. The van der Waals surface area contributed by atoms with Crippen LogP contribution in [0.5, 0.6) is 5.75 Å². The molecule has 2 N–H and O–H groups in total. The largest absolute Gasteiger partial charge is 0.497 e. The molecule has 1 atom stereocenters. The van der Waals surface area contributed by atoms with Gasteiger partial charge >= 0.3 is 0 Å². The normalized spacial score (nSPS) is 14.7. The Morgan fingerprint density at radius 1 is 1.00 bits per heavy atom. The van der Waals surface area contributed by atoms with E-state index in [0.29, 0.717) is 69.7 Å². The van der Waals surface area contributed by atoms with Gasteiger partial charge in [0, 0.05) is 45.3 Å². The Hall–Kier alpha value is -3.39. The van der Waals surface area contributed by atoms with E-state index in [1.807, 2.05) is 35.2 Å². The number of likely N-dealkylation sites (tertiary alicyclic amines) is 1. The van der Waals surface area contributed by atoms with Crippen LogP contribution in [0.1, 0.15) is 41.6 Å². The predicted molar refractivity (Wildman–Crippen MR) is 138 cm³/mol. The molecule has 8 heteroatoms. The van der Waals surface area contributed by atoms with E-state index < -0.39 is 6.04 Å². The fourth-order valence-electron chi connectivity index (χ4n) is 4.44. The van der Waals surface area contributed by atoms with Crippen molar-refractivity contribution in [1.82, 2.24) is 15.5 Å². The molecule has 1 aliphatic heterocycles. The first-order chi connectivity index (χ1) is 17.5. The number of rotatable bonds is 12. The number of hydrogen-bond donors (Lipinski definition) is 2. The molecule has 8 nitrogen and oxygen atoms in total. The van der Waals surface area contributed by atoms with Crippen LogP contribution in [0.2, 0.25) is 0 Å². The average molecular weight is 496 g/mol. The minimum Gasteiger partial charge on any atom is -0.497 e. The van der Waals surface area contributed by atoms with Crippen molar-refractivity contribution < 1.29 is 23.9 Å². The van der Waals surface area contributed by atoms with Crippen molar-refractivity contribution in [1.29, 1.82) is 0 Å². The minimum absolute atomic E-state index is 0.0622. The number of aryl methyl sites for hydroxylation is 1. The highest BCUT2D eigenvalue weighted by Crippen LogP contribution is 2.23. The molecule has 2 aromatic carbocycles. The predicted octanol–water partition coefficient (Wildman–Crippen LogP) is 2.82. The molecule has 3 amide bonds. The molecule has 194 valence electrons. The summed E-state index contributed by atoms with van der Waals surface area (Å²) in [6, 6.07) is 16.1. The van der Waals surface area contributed by atoms with E-state index in [2.05, 4.69) is 10.6 Å². The van der Waals surface area contributed by atoms with Crippen LogP contribution in [0.15, 0.2) is 54.6 Å². The molecule has 0 aromatic heterocycles. The maximum Gasteiger partial charge on any atom is 0.251 e. The van der Waals surface area contributed by atoms with Crippen LogP contribution in [-0.4, -0.2) is 69.1 Å². The summed E-state index contributed by atoms with van der Waals surface area (Å²) in [5, 5.41) is 5.87. The summed E-state index contributed by atoms with van der Waals surface area (Å²) in [7, 11) is 3.19. The van der Waals surface area contributed by atoms with Gasteiger partial charge in [-0.15, -0.1) is 0 Å². The zero-order valence-electron chi connectivity index (χ0n) is 21.2. The lowest BCUT2D eigenvalue weighted by Gasteiger charge is -2.36. The molecule has 1 unspecified atom stereocenters. The molecular formula is C28H37N3O5. The van der Waals surface area contributed by atoms with E-state index in [0.717, 1.165) is 5.56 Å². The maximum absolute atomic E-state index is 13.1. The van der Waals surface area contributed by atoms with Crippen LogP contribution in [0.4, 0.5) is 0 Å². The van der Waals surface area contributed by atoms with Gasteiger partial charge in [0.25, 0.3) is 5.91 Å². The summed E-state index contributed by atoms with van der Waals surface area (Å²) >= 11 is 0. The Labute approximate surface area is 213 Å². The van der Waals surface area contributed by atoms with Crippen LogP contribution < -0.4 is 15.4 Å². The van der Waals surface area contributed by atoms with Crippen molar-refractivity contribution >= 4 is 17.7 Å². The molecule has 1 heterocycles. The van der Waals surface area contributed by atoms with E-state index in [4.69, 9.17) is 9.47 Å². The summed E-state index contributed by atoms with van der Waals surface area (Å²) < 4.78 is 10.2. The first-order valence-electron chi connectivity index (χ1n) is 12.5. The van der Waals surface area contributed by atoms with Gasteiger partial charge in [0.15, 0.2) is 0 Å². The van der Waals surface area contributed by atoms with E-state index in [-0.39, 0.29) is 23.6 Å². The third kappa shape index (κ3) is 8.09. The van der Waals surface area contributed by atoms with E-state index >= 15 is 0 Å². The highest BCUT2D eigenvalue weighted by molar-refractivity contribution is 5.97. The first-order valence-corrected chi connectivity index (χ1v) is 12.5. The number of hydrogen-bond acceptors (Lipinski definition) is 5. The van der Waals surface area contributed by atoms with E-state index in [9.17, 15) is 14.4 Å². The fourth-order valence-corrected chi connectivity index (χ4v) is 4.44. The fraction of sp³-hybridized carbons (Fsp3) is 0.464. The number of nitrogens with one attached hydrogen (secondary N) is 2. The number of ether oxygens (including phenoxy) is 2. The summed E-state index contributed by atoms with van der Waals surface area (Å²) in [5.74, 6) is 0.203. The van der Waals surface area contributed by atoms with Gasteiger partial charge in [-0.2, -0.15) is 0 Å². The molecule has 1 fully saturated rings. The molecule has 0 aliphatic carbocycles. The van der Waals surface area contributed by atoms with Crippen molar-refractivity contribution in [3.63, 3.8) is 0 Å². The smallest absolute Gasteiger partial charge is 0.251 e. The number of methoxy groups -OCH3 is 2. The van der Waals surface area contributed by atoms with E-state index in [1.54, 1.807) is 38.5 Å². The molecule has 0 bridgehead atoms. The summed E-state index contributed by atoms with van der Waals surface area (Å²) in [6.45, 7) is 2.17. The van der Waals surface area contributed by atoms with Gasteiger partial charge < -0.3 is 25.0 Å². The highest BCUT2D eigenvalue weighted by atomic mass is 16.5. The standard InChI is InChI=1S/C28H37N3O5/c1-35-20-6-17-29-28(34)26(30-27(33)23-10-12-24(36-2)13-11-23)22-15-18-31(19-16-22)25(32)14-9-21-7-4-3-5-8-21/h3-5,7-8,10-13,22,26H,6,9,14-20H2,1-2H3,(H,29,34)(H,30,33). The lowest BCUT2D eigenvalue weighted by Crippen LogP contribution is -2.54. The van der Waals surface area contributed by atoms with Crippen LogP contribution in [-0.2, 0) is 20.7 Å². The van der Waals surface area contributed by atoms with Gasteiger partial charge in [0.2, 0.25) is 11.8 Å². The molecule has 1 saturated heterocycles. The van der Waals surface area contributed by atoms with Crippen LogP contribution >= 0.6 is 0 Å². The lowest BCUT2D eigenvalue weighted by molar-refractivity contribution is -0.133. The van der Waals surface area contributed by atoms with E-state index in [1.165, 1.54) is 0 Å². The second-order valence-corrected chi connectivity index (χ2v) is 9.02. The van der Waals surface area contributed by atoms with Gasteiger partial charge in [-0.25, -0.2) is 0 Å². The Bertz CT molecular complexity index is 972. The topological polar surface area (TPSA) is 97.0 Å². The molecule has 0 spiro atoms. The number of carbonyl (C=O) groups is 3. The Balaban J connectivity index is 1.59. The number of amides is 3. The highest BCUT2D eigenvalue weighted by Gasteiger charge is 2.33. The van der Waals surface area contributed by atoms with Crippen molar-refractivity contribution in [3.8, 4) is 5.75 Å². The summed E-state index contributed by atoms with van der Waals surface area (Å²) in [6.07, 6.45) is 3.17. The number of benzene rings is 2. The van der Waals surface area contributed by atoms with Gasteiger partial charge in [0.1, 0.15) is 11.8 Å². The SMILES string of the molecule is COCCCNC(=O)C(NC(=O)c1ccc(OC)cc1)C1CCN(C(=O)CCc2ccccc2)CC1. The minimum atomic E-state index is -0.677. The van der Waals surface area contributed by atoms with Gasteiger partial charge in [-0.1, -0.05) is 30.3 Å². The molecule has 0 saturated carbocycles. The monoisotopic (exact) mass is 495 g/mol. The molecule has 3 rings (SSSR count). The van der Waals surface area contributed by atoms with Gasteiger partial charge in [0.05, 0.1) is 7.11 Å². The average Bonchev–Trinajstić information content (AvgIpc) is 2.93. The van der Waals surface area contributed by atoms with Crippen molar-refractivity contribution in [2.24, 2.45) is 5.92 Å². The van der Waals surface area contributed by atoms with Crippen LogP contribution in [0.25, 0.3) is 0 Å². The molecule has 0 radical (unpaired) electrons. The Morgan fingerprint density at radius 2 is 1.69 bits per heavy atom. The zero-order chi connectivity index (χ0) is 25.8. The third-order valence-electron chi connectivity index (χ3n) is 6.58. The first kappa shape index (κ1) is 27.2. The van der Waals surface area contributed by atoms with Crippen LogP contribution in [0.3, 0.4) is 0 Å². The molecule has 36 heavy (non-hydrogen) atoms. The Kier molecular flexibility index (Phi) is 10.8. The second kappa shape index (κ2) is 14.2. The lowest BCUT2D eigenvalue weighted by atomic mass is 9.88. The second-order valence-electron chi connectivity index (χ2n) is 9.02. The quantitative estimate of drug-likeness (QED) is 0.442. The van der Waals surface area contributed by atoms with Crippen molar-refractivity contribution in [3.05, 3.63) is 65.7 Å². The summed E-state index contributed by atoms with van der Waals surface area (Å²) in [5.41, 5.74) is 1.61.